The first kappa shape index (κ1) is 11.3. The number of rotatable bonds is 5. The second kappa shape index (κ2) is 4.38. The van der Waals surface area contributed by atoms with Gasteiger partial charge in [-0.2, -0.15) is 4.65 Å². The number of carbonyl (C=O) groups excluding carboxylic acids is 1. The fourth-order valence-electron chi connectivity index (χ4n) is 0.922. The van der Waals surface area contributed by atoms with Gasteiger partial charge in [0.15, 0.2) is 6.04 Å². The van der Waals surface area contributed by atoms with Gasteiger partial charge in [0.2, 0.25) is 5.78 Å². The van der Waals surface area contributed by atoms with E-state index in [-0.39, 0.29) is 16.5 Å². The number of ketones is 1. The standard InChI is InChI=1S/C9H18NO2/c1-6-9(11)8(3)10(4,5)12-7-2/h6,8H,1,7H2,2-5H3/q+1. The van der Waals surface area contributed by atoms with Gasteiger partial charge in [0.25, 0.3) is 0 Å². The monoisotopic (exact) mass is 172 g/mol. The molecule has 1 atom stereocenters. The molecule has 12 heavy (non-hydrogen) atoms. The van der Waals surface area contributed by atoms with Crippen LogP contribution in [-0.4, -0.2) is 37.2 Å². The zero-order valence-electron chi connectivity index (χ0n) is 8.33. The van der Waals surface area contributed by atoms with Gasteiger partial charge < -0.3 is 0 Å². The van der Waals surface area contributed by atoms with Crippen LogP contribution >= 0.6 is 0 Å². The van der Waals surface area contributed by atoms with Gasteiger partial charge >= 0.3 is 0 Å². The average Bonchev–Trinajstić information content (AvgIpc) is 2.01. The summed E-state index contributed by atoms with van der Waals surface area (Å²) in [7, 11) is 3.71. The quantitative estimate of drug-likeness (QED) is 0.353. The van der Waals surface area contributed by atoms with Crippen molar-refractivity contribution in [2.45, 2.75) is 19.9 Å². The molecule has 0 amide bonds. The van der Waals surface area contributed by atoms with Crippen LogP contribution in [0.2, 0.25) is 0 Å². The largest absolute Gasteiger partial charge is 0.288 e. The highest BCUT2D eigenvalue weighted by molar-refractivity contribution is 5.92. The van der Waals surface area contributed by atoms with E-state index in [9.17, 15) is 4.79 Å². The van der Waals surface area contributed by atoms with Gasteiger partial charge in [-0.1, -0.05) is 6.58 Å². The Hall–Kier alpha value is -0.670. The molecular formula is C9H18NO2+. The molecule has 3 heteroatoms. The lowest BCUT2D eigenvalue weighted by atomic mass is 10.2. The van der Waals surface area contributed by atoms with Crippen LogP contribution in [0, 0.1) is 0 Å². The van der Waals surface area contributed by atoms with Gasteiger partial charge in [0, 0.05) is 0 Å². The molecular weight excluding hydrogens is 154 g/mol. The summed E-state index contributed by atoms with van der Waals surface area (Å²) < 4.78 is 0.251. The van der Waals surface area contributed by atoms with Crippen molar-refractivity contribution in [3.8, 4) is 0 Å². The van der Waals surface area contributed by atoms with Crippen LogP contribution in [0.5, 0.6) is 0 Å². The number of hydrogen-bond acceptors (Lipinski definition) is 2. The van der Waals surface area contributed by atoms with Gasteiger partial charge in [0.05, 0.1) is 14.1 Å². The van der Waals surface area contributed by atoms with E-state index in [1.165, 1.54) is 6.08 Å². The van der Waals surface area contributed by atoms with Gasteiger partial charge in [-0.3, -0.25) is 4.79 Å². The molecule has 0 aliphatic heterocycles. The molecule has 3 nitrogen and oxygen atoms in total. The molecule has 0 rings (SSSR count). The van der Waals surface area contributed by atoms with E-state index < -0.39 is 0 Å². The Balaban J connectivity index is 4.32. The number of hydroxylamine groups is 3. The van der Waals surface area contributed by atoms with Crippen molar-refractivity contribution in [1.29, 1.82) is 0 Å². The number of quaternary nitrogens is 1. The Labute approximate surface area is 74.2 Å². The number of nitrogens with zero attached hydrogens (tertiary/aromatic N) is 1. The molecule has 70 valence electrons. The average molecular weight is 172 g/mol. The van der Waals surface area contributed by atoms with Crippen LogP contribution < -0.4 is 0 Å². The van der Waals surface area contributed by atoms with Crippen molar-refractivity contribution in [3.05, 3.63) is 12.7 Å². The van der Waals surface area contributed by atoms with E-state index in [1.807, 2.05) is 27.9 Å². The summed E-state index contributed by atoms with van der Waals surface area (Å²) in [5, 5.41) is 0. The molecule has 0 bridgehead atoms. The highest BCUT2D eigenvalue weighted by atomic mass is 16.7. The van der Waals surface area contributed by atoms with Crippen molar-refractivity contribution in [2.75, 3.05) is 20.7 Å². The summed E-state index contributed by atoms with van der Waals surface area (Å²) in [6.45, 7) is 7.78. The molecule has 0 radical (unpaired) electrons. The minimum Gasteiger partial charge on any atom is -0.288 e. The highest BCUT2D eigenvalue weighted by Crippen LogP contribution is 2.08. The normalized spacial score (nSPS) is 14.0. The third kappa shape index (κ3) is 2.75. The molecule has 0 aromatic carbocycles. The predicted molar refractivity (Wildman–Crippen MR) is 48.4 cm³/mol. The summed E-state index contributed by atoms with van der Waals surface area (Å²) in [5.74, 6) is 0.00782. The second-order valence-corrected chi connectivity index (χ2v) is 3.13. The molecule has 0 saturated carbocycles. The lowest BCUT2D eigenvalue weighted by molar-refractivity contribution is -1.09. The molecule has 0 saturated heterocycles. The molecule has 0 aliphatic carbocycles. The first-order chi connectivity index (χ1) is 5.45. The fraction of sp³-hybridized carbons (Fsp3) is 0.667. The maximum atomic E-state index is 11.2. The minimum absolute atomic E-state index is 0.00782. The lowest BCUT2D eigenvalue weighted by Gasteiger charge is -2.30. The summed E-state index contributed by atoms with van der Waals surface area (Å²) in [4.78, 5) is 16.6. The van der Waals surface area contributed by atoms with Crippen LogP contribution in [0.15, 0.2) is 12.7 Å². The highest BCUT2D eigenvalue weighted by Gasteiger charge is 2.30. The van der Waals surface area contributed by atoms with E-state index >= 15 is 0 Å². The van der Waals surface area contributed by atoms with Crippen LogP contribution in [0.3, 0.4) is 0 Å². The van der Waals surface area contributed by atoms with E-state index in [0.717, 1.165) is 0 Å². The Morgan fingerprint density at radius 2 is 2.17 bits per heavy atom. The van der Waals surface area contributed by atoms with Crippen LogP contribution in [0.1, 0.15) is 13.8 Å². The molecule has 0 aliphatic rings. The predicted octanol–water partition coefficient (Wildman–Crippen LogP) is 1.16. The van der Waals surface area contributed by atoms with Gasteiger partial charge in [-0.15, -0.1) is 0 Å². The first-order valence-corrected chi connectivity index (χ1v) is 4.10. The third-order valence-electron chi connectivity index (χ3n) is 2.01. The zero-order valence-corrected chi connectivity index (χ0v) is 8.33. The minimum atomic E-state index is -0.192. The maximum absolute atomic E-state index is 11.2. The molecule has 0 heterocycles. The fourth-order valence-corrected chi connectivity index (χ4v) is 0.922. The first-order valence-electron chi connectivity index (χ1n) is 4.10. The maximum Gasteiger partial charge on any atom is 0.214 e. The topological polar surface area (TPSA) is 26.3 Å². The zero-order chi connectivity index (χ0) is 9.78. The van der Waals surface area contributed by atoms with Crippen molar-refractivity contribution in [1.82, 2.24) is 0 Å². The Morgan fingerprint density at radius 3 is 2.50 bits per heavy atom. The van der Waals surface area contributed by atoms with E-state index in [2.05, 4.69) is 6.58 Å². The van der Waals surface area contributed by atoms with E-state index in [0.29, 0.717) is 6.61 Å². The Kier molecular flexibility index (Phi) is 4.13. The summed E-state index contributed by atoms with van der Waals surface area (Å²) in [5.41, 5.74) is 0. The molecule has 0 N–H and O–H groups in total. The summed E-state index contributed by atoms with van der Waals surface area (Å²) in [6.07, 6.45) is 1.34. The van der Waals surface area contributed by atoms with Crippen molar-refractivity contribution in [3.63, 3.8) is 0 Å². The molecule has 0 aromatic rings. The van der Waals surface area contributed by atoms with Crippen molar-refractivity contribution < 1.29 is 14.3 Å². The molecule has 0 spiro atoms. The van der Waals surface area contributed by atoms with Gasteiger partial charge in [-0.05, 0) is 19.9 Å². The summed E-state index contributed by atoms with van der Waals surface area (Å²) in [6, 6.07) is -0.192. The number of carbonyl (C=O) groups is 1. The summed E-state index contributed by atoms with van der Waals surface area (Å²) >= 11 is 0. The Morgan fingerprint density at radius 1 is 1.67 bits per heavy atom. The number of hydrogen-bond donors (Lipinski definition) is 0. The van der Waals surface area contributed by atoms with Crippen molar-refractivity contribution >= 4 is 5.78 Å². The van der Waals surface area contributed by atoms with E-state index in [1.54, 1.807) is 0 Å². The molecule has 0 fully saturated rings. The van der Waals surface area contributed by atoms with Crippen LogP contribution in [-0.2, 0) is 9.63 Å². The second-order valence-electron chi connectivity index (χ2n) is 3.13. The van der Waals surface area contributed by atoms with E-state index in [4.69, 9.17) is 4.84 Å². The van der Waals surface area contributed by atoms with Gasteiger partial charge in [-0.25, -0.2) is 4.84 Å². The molecule has 0 aromatic heterocycles. The van der Waals surface area contributed by atoms with Crippen LogP contribution in [0.25, 0.3) is 0 Å². The van der Waals surface area contributed by atoms with Gasteiger partial charge in [0.1, 0.15) is 6.61 Å². The third-order valence-corrected chi connectivity index (χ3v) is 2.01. The number of likely N-dealkylation sites (N-methyl/N-ethyl adjacent to an activating group) is 1. The smallest absolute Gasteiger partial charge is 0.214 e. The SMILES string of the molecule is C=CC(=O)C(C)[N+](C)(C)OCC. The lowest BCUT2D eigenvalue weighted by Crippen LogP contribution is -2.50. The molecule has 1 unspecified atom stereocenters. The van der Waals surface area contributed by atoms with Crippen molar-refractivity contribution in [2.24, 2.45) is 0 Å². The Bertz CT molecular complexity index is 175. The van der Waals surface area contributed by atoms with Crippen LogP contribution in [0.4, 0.5) is 0 Å².